The summed E-state index contributed by atoms with van der Waals surface area (Å²) in [5.41, 5.74) is 2.81. The average Bonchev–Trinajstić information content (AvgIpc) is 3.13. The molecule has 0 spiro atoms. The SMILES string of the molecule is CC1=C(CCC(C)C)O[C@H]2C[C@H]3[C@@H]4CC[C@H]5CCCC[C@]5(C)[C@H]4CC[C@]3(C)[C@@H]12. The highest BCUT2D eigenvalue weighted by Crippen LogP contribution is 2.69. The molecule has 4 saturated carbocycles. The zero-order valence-electron chi connectivity index (χ0n) is 19.2. The smallest absolute Gasteiger partial charge is 0.106 e. The lowest BCUT2D eigenvalue weighted by Gasteiger charge is -2.60. The highest BCUT2D eigenvalue weighted by atomic mass is 16.5. The highest BCUT2D eigenvalue weighted by molar-refractivity contribution is 5.26. The summed E-state index contributed by atoms with van der Waals surface area (Å²) in [6.07, 6.45) is 16.3. The zero-order valence-corrected chi connectivity index (χ0v) is 19.2. The molecule has 0 bridgehead atoms. The van der Waals surface area contributed by atoms with Gasteiger partial charge in [0.1, 0.15) is 6.10 Å². The van der Waals surface area contributed by atoms with Gasteiger partial charge in [-0.15, -0.1) is 0 Å². The molecular weight excluding hydrogens is 340 g/mol. The van der Waals surface area contributed by atoms with E-state index in [9.17, 15) is 0 Å². The summed E-state index contributed by atoms with van der Waals surface area (Å²) in [5.74, 6) is 6.82. The maximum absolute atomic E-state index is 6.70. The Balaban J connectivity index is 1.39. The Morgan fingerprint density at radius 1 is 0.964 bits per heavy atom. The van der Waals surface area contributed by atoms with Gasteiger partial charge in [0, 0.05) is 12.3 Å². The lowest BCUT2D eigenvalue weighted by Crippen LogP contribution is -2.52. The van der Waals surface area contributed by atoms with E-state index < -0.39 is 0 Å². The molecule has 158 valence electrons. The monoisotopic (exact) mass is 384 g/mol. The predicted molar refractivity (Wildman–Crippen MR) is 117 cm³/mol. The summed E-state index contributed by atoms with van der Waals surface area (Å²) < 4.78 is 6.70. The van der Waals surface area contributed by atoms with Gasteiger partial charge in [-0.2, -0.15) is 0 Å². The van der Waals surface area contributed by atoms with Crippen molar-refractivity contribution in [2.24, 2.45) is 46.3 Å². The van der Waals surface area contributed by atoms with Gasteiger partial charge >= 0.3 is 0 Å². The summed E-state index contributed by atoms with van der Waals surface area (Å²) in [4.78, 5) is 0. The fourth-order valence-electron chi connectivity index (χ4n) is 9.30. The summed E-state index contributed by atoms with van der Waals surface area (Å²) >= 11 is 0. The highest BCUT2D eigenvalue weighted by Gasteiger charge is 2.64. The van der Waals surface area contributed by atoms with Crippen molar-refractivity contribution in [2.45, 2.75) is 111 Å². The minimum absolute atomic E-state index is 0.507. The van der Waals surface area contributed by atoms with Crippen LogP contribution in [0.5, 0.6) is 0 Å². The molecule has 0 N–H and O–H groups in total. The topological polar surface area (TPSA) is 9.23 Å². The first-order valence-corrected chi connectivity index (χ1v) is 12.7. The predicted octanol–water partition coefficient (Wildman–Crippen LogP) is 7.75. The minimum atomic E-state index is 0.507. The van der Waals surface area contributed by atoms with Gasteiger partial charge < -0.3 is 4.74 Å². The molecule has 4 aliphatic carbocycles. The molecule has 5 rings (SSSR count). The van der Waals surface area contributed by atoms with Gasteiger partial charge in [-0.3, -0.25) is 0 Å². The largest absolute Gasteiger partial charge is 0.494 e. The quantitative estimate of drug-likeness (QED) is 0.483. The van der Waals surface area contributed by atoms with Crippen LogP contribution in [0, 0.1) is 46.3 Å². The molecule has 1 aliphatic heterocycles. The molecular formula is C27H44O. The van der Waals surface area contributed by atoms with Crippen LogP contribution in [-0.4, -0.2) is 6.10 Å². The van der Waals surface area contributed by atoms with Crippen molar-refractivity contribution in [3.63, 3.8) is 0 Å². The van der Waals surface area contributed by atoms with E-state index in [1.807, 2.05) is 0 Å². The van der Waals surface area contributed by atoms with E-state index in [1.54, 1.807) is 5.57 Å². The molecule has 1 heteroatoms. The lowest BCUT2D eigenvalue weighted by molar-refractivity contribution is -0.108. The maximum Gasteiger partial charge on any atom is 0.106 e. The number of fused-ring (bicyclic) bond motifs is 7. The second-order valence-corrected chi connectivity index (χ2v) is 12.4. The third-order valence-electron chi connectivity index (χ3n) is 10.7. The van der Waals surface area contributed by atoms with E-state index in [1.165, 1.54) is 76.4 Å². The average molecular weight is 385 g/mol. The van der Waals surface area contributed by atoms with Crippen molar-refractivity contribution in [1.82, 2.24) is 0 Å². The Morgan fingerprint density at radius 3 is 2.57 bits per heavy atom. The van der Waals surface area contributed by atoms with Crippen LogP contribution in [0.2, 0.25) is 0 Å². The standard InChI is InChI=1S/C27H44O/c1-17(2)9-12-23-18(3)25-24(28-23)16-22-20-11-10-19-8-6-7-14-26(19,4)21(20)13-15-27(22,25)5/h17,19-22,24-25H,6-16H2,1-5H3/t19-,20-,21+,22+,24+,25+,26+,27+/m1/s1. The van der Waals surface area contributed by atoms with Crippen LogP contribution >= 0.6 is 0 Å². The summed E-state index contributed by atoms with van der Waals surface area (Å²) in [6, 6.07) is 0. The number of rotatable bonds is 3. The molecule has 1 heterocycles. The van der Waals surface area contributed by atoms with Crippen LogP contribution in [0.3, 0.4) is 0 Å². The lowest BCUT2D eigenvalue weighted by atomic mass is 9.44. The third-order valence-corrected chi connectivity index (χ3v) is 10.7. The van der Waals surface area contributed by atoms with Gasteiger partial charge in [0.05, 0.1) is 5.76 Å². The van der Waals surface area contributed by atoms with Gasteiger partial charge in [0.15, 0.2) is 0 Å². The van der Waals surface area contributed by atoms with Crippen LogP contribution in [0.25, 0.3) is 0 Å². The molecule has 0 aromatic carbocycles. The first-order chi connectivity index (χ1) is 13.3. The fraction of sp³-hybridized carbons (Fsp3) is 0.926. The first kappa shape index (κ1) is 19.5. The summed E-state index contributed by atoms with van der Waals surface area (Å²) in [7, 11) is 0. The van der Waals surface area contributed by atoms with Crippen molar-refractivity contribution >= 4 is 0 Å². The van der Waals surface area contributed by atoms with E-state index in [2.05, 4.69) is 34.6 Å². The van der Waals surface area contributed by atoms with E-state index in [0.29, 0.717) is 16.9 Å². The number of allylic oxidation sites excluding steroid dienone is 1. The molecule has 0 unspecified atom stereocenters. The van der Waals surface area contributed by atoms with Crippen molar-refractivity contribution in [3.05, 3.63) is 11.3 Å². The van der Waals surface area contributed by atoms with Crippen molar-refractivity contribution in [3.8, 4) is 0 Å². The number of hydrogen-bond acceptors (Lipinski definition) is 1. The second kappa shape index (κ2) is 6.78. The van der Waals surface area contributed by atoms with Gasteiger partial charge in [0.2, 0.25) is 0 Å². The van der Waals surface area contributed by atoms with Gasteiger partial charge in [-0.05, 0) is 104 Å². The second-order valence-electron chi connectivity index (χ2n) is 12.4. The molecule has 0 aromatic heterocycles. The summed E-state index contributed by atoms with van der Waals surface area (Å²) in [6.45, 7) is 12.5. The van der Waals surface area contributed by atoms with Crippen LogP contribution in [0.4, 0.5) is 0 Å². The Hall–Kier alpha value is -0.460. The number of hydrogen-bond donors (Lipinski definition) is 0. The third kappa shape index (κ3) is 2.70. The maximum atomic E-state index is 6.70. The zero-order chi connectivity index (χ0) is 19.7. The molecule has 4 fully saturated rings. The fourth-order valence-corrected chi connectivity index (χ4v) is 9.30. The number of ether oxygens (including phenoxy) is 1. The van der Waals surface area contributed by atoms with E-state index in [4.69, 9.17) is 4.74 Å². The molecule has 1 nitrogen and oxygen atoms in total. The van der Waals surface area contributed by atoms with Gasteiger partial charge in [-0.1, -0.05) is 40.5 Å². The van der Waals surface area contributed by atoms with E-state index in [-0.39, 0.29) is 0 Å². The molecule has 28 heavy (non-hydrogen) atoms. The molecule has 8 atom stereocenters. The van der Waals surface area contributed by atoms with E-state index in [0.717, 1.165) is 35.5 Å². The Kier molecular flexibility index (Phi) is 4.72. The molecule has 0 saturated heterocycles. The molecule has 0 amide bonds. The van der Waals surface area contributed by atoms with Crippen molar-refractivity contribution in [1.29, 1.82) is 0 Å². The van der Waals surface area contributed by atoms with Crippen LogP contribution < -0.4 is 0 Å². The van der Waals surface area contributed by atoms with Crippen molar-refractivity contribution in [2.75, 3.05) is 0 Å². The Morgan fingerprint density at radius 2 is 1.79 bits per heavy atom. The summed E-state index contributed by atoms with van der Waals surface area (Å²) in [5, 5.41) is 0. The Labute approximate surface area is 174 Å². The molecule has 0 aromatic rings. The molecule has 5 aliphatic rings. The van der Waals surface area contributed by atoms with Crippen molar-refractivity contribution < 1.29 is 4.74 Å². The normalized spacial score (nSPS) is 50.1. The van der Waals surface area contributed by atoms with Crippen LogP contribution in [-0.2, 0) is 4.74 Å². The minimum Gasteiger partial charge on any atom is -0.494 e. The van der Waals surface area contributed by atoms with Gasteiger partial charge in [-0.25, -0.2) is 0 Å². The van der Waals surface area contributed by atoms with Crippen LogP contribution in [0.1, 0.15) is 105 Å². The Bertz CT molecular complexity index is 647. The van der Waals surface area contributed by atoms with Crippen LogP contribution in [0.15, 0.2) is 11.3 Å². The van der Waals surface area contributed by atoms with Gasteiger partial charge in [0.25, 0.3) is 0 Å². The van der Waals surface area contributed by atoms with E-state index >= 15 is 0 Å². The first-order valence-electron chi connectivity index (χ1n) is 12.7. The molecule has 0 radical (unpaired) electrons.